The summed E-state index contributed by atoms with van der Waals surface area (Å²) < 4.78 is 5.29. The van der Waals surface area contributed by atoms with Gasteiger partial charge in [0.25, 0.3) is 0 Å². The van der Waals surface area contributed by atoms with Crippen LogP contribution in [0.2, 0.25) is 0 Å². The highest BCUT2D eigenvalue weighted by atomic mass is 16.5. The summed E-state index contributed by atoms with van der Waals surface area (Å²) in [6.07, 6.45) is 1.81. The molecule has 2 atom stereocenters. The molecule has 3 N–H and O–H groups in total. The fourth-order valence-electron chi connectivity index (χ4n) is 1.29. The predicted molar refractivity (Wildman–Crippen MR) is 41.4 cm³/mol. The van der Waals surface area contributed by atoms with Gasteiger partial charge in [0.05, 0.1) is 12.7 Å². The molecule has 6 nitrogen and oxygen atoms in total. The van der Waals surface area contributed by atoms with Crippen LogP contribution in [0, 0.1) is 0 Å². The smallest absolute Gasteiger partial charge is 0.414 e. The Morgan fingerprint density at radius 2 is 1.92 bits per heavy atom. The summed E-state index contributed by atoms with van der Waals surface area (Å²) in [5.41, 5.74) is 0. The van der Waals surface area contributed by atoms with Gasteiger partial charge in [-0.1, -0.05) is 0 Å². The van der Waals surface area contributed by atoms with Gasteiger partial charge in [-0.25, -0.2) is 9.59 Å². The maximum atomic E-state index is 9.10. The van der Waals surface area contributed by atoms with Crippen molar-refractivity contribution in [1.82, 2.24) is 5.32 Å². The second-order valence-corrected chi connectivity index (χ2v) is 2.91. The van der Waals surface area contributed by atoms with E-state index in [4.69, 9.17) is 24.5 Å². The van der Waals surface area contributed by atoms with Gasteiger partial charge in [-0.3, -0.25) is 0 Å². The number of hydrogen-bond acceptors (Lipinski definition) is 4. The van der Waals surface area contributed by atoms with Crippen LogP contribution in [0.3, 0.4) is 0 Å². The standard InChI is InChI=1S/C5H9NO.C2H2O4/c1-4-3-7-5(1)2-6-4;3-1(4)2(5)6/h4-6H,1-3H2;(H,3,4)(H,5,6). The lowest BCUT2D eigenvalue weighted by Crippen LogP contribution is -2.30. The molecule has 0 aromatic rings. The van der Waals surface area contributed by atoms with Gasteiger partial charge in [0.15, 0.2) is 0 Å². The minimum absolute atomic E-state index is 0.560. The van der Waals surface area contributed by atoms with Gasteiger partial charge in [-0.05, 0) is 6.42 Å². The number of carbonyl (C=O) groups is 2. The van der Waals surface area contributed by atoms with Gasteiger partial charge in [0.1, 0.15) is 0 Å². The van der Waals surface area contributed by atoms with Crippen LogP contribution in [0.4, 0.5) is 0 Å². The zero-order valence-corrected chi connectivity index (χ0v) is 6.90. The molecule has 0 aliphatic carbocycles. The Bertz CT molecular complexity index is 187. The number of rotatable bonds is 0. The van der Waals surface area contributed by atoms with Crippen LogP contribution in [0.5, 0.6) is 0 Å². The van der Waals surface area contributed by atoms with Gasteiger partial charge < -0.3 is 20.3 Å². The summed E-state index contributed by atoms with van der Waals surface area (Å²) in [6.45, 7) is 2.04. The third kappa shape index (κ3) is 3.00. The SMILES string of the molecule is C1OC2CNC1C2.O=C(O)C(=O)O. The van der Waals surface area contributed by atoms with Gasteiger partial charge in [0.2, 0.25) is 0 Å². The van der Waals surface area contributed by atoms with E-state index in [2.05, 4.69) is 5.32 Å². The molecule has 0 radical (unpaired) electrons. The van der Waals surface area contributed by atoms with E-state index in [1.165, 1.54) is 6.42 Å². The van der Waals surface area contributed by atoms with Crippen molar-refractivity contribution in [2.24, 2.45) is 0 Å². The molecular formula is C7H11NO5. The number of hydrogen-bond donors (Lipinski definition) is 3. The molecule has 2 unspecified atom stereocenters. The van der Waals surface area contributed by atoms with Crippen molar-refractivity contribution in [3.05, 3.63) is 0 Å². The second-order valence-electron chi connectivity index (χ2n) is 2.91. The number of carboxylic acid groups (broad SMARTS) is 2. The van der Waals surface area contributed by atoms with Crippen LogP contribution in [-0.4, -0.2) is 47.4 Å². The summed E-state index contributed by atoms with van der Waals surface area (Å²) in [4.78, 5) is 18.2. The summed E-state index contributed by atoms with van der Waals surface area (Å²) in [6, 6.07) is 0.699. The van der Waals surface area contributed by atoms with Crippen LogP contribution >= 0.6 is 0 Å². The Morgan fingerprint density at radius 3 is 2.00 bits per heavy atom. The first-order valence-electron chi connectivity index (χ1n) is 3.91. The van der Waals surface area contributed by atoms with E-state index in [-0.39, 0.29) is 0 Å². The number of carboxylic acids is 2. The monoisotopic (exact) mass is 189 g/mol. The first kappa shape index (κ1) is 9.94. The van der Waals surface area contributed by atoms with Crippen molar-refractivity contribution in [3.8, 4) is 0 Å². The van der Waals surface area contributed by atoms with E-state index in [0.717, 1.165) is 13.2 Å². The number of morpholine rings is 1. The lowest BCUT2D eigenvalue weighted by atomic mass is 10.3. The molecule has 2 heterocycles. The molecule has 2 saturated heterocycles. The van der Waals surface area contributed by atoms with Crippen molar-refractivity contribution in [1.29, 1.82) is 0 Å². The molecular weight excluding hydrogens is 178 g/mol. The van der Waals surface area contributed by atoms with E-state index in [0.29, 0.717) is 12.1 Å². The minimum atomic E-state index is -1.82. The first-order valence-corrected chi connectivity index (χ1v) is 3.91. The number of aliphatic carboxylic acids is 2. The van der Waals surface area contributed by atoms with Gasteiger partial charge in [0, 0.05) is 12.6 Å². The second kappa shape index (κ2) is 4.20. The fourth-order valence-corrected chi connectivity index (χ4v) is 1.29. The maximum Gasteiger partial charge on any atom is 0.414 e. The highest BCUT2D eigenvalue weighted by Gasteiger charge is 2.31. The van der Waals surface area contributed by atoms with Crippen molar-refractivity contribution >= 4 is 11.9 Å². The Hall–Kier alpha value is -1.14. The Morgan fingerprint density at radius 1 is 1.31 bits per heavy atom. The van der Waals surface area contributed by atoms with Gasteiger partial charge >= 0.3 is 11.9 Å². The van der Waals surface area contributed by atoms with E-state index >= 15 is 0 Å². The molecule has 2 aliphatic rings. The molecule has 2 rings (SSSR count). The van der Waals surface area contributed by atoms with Crippen LogP contribution in [0.25, 0.3) is 0 Å². The highest BCUT2D eigenvalue weighted by molar-refractivity contribution is 6.27. The molecule has 6 heteroatoms. The number of fused-ring (bicyclic) bond motifs is 2. The molecule has 0 saturated carbocycles. The number of ether oxygens (including phenoxy) is 1. The molecule has 0 aromatic carbocycles. The molecule has 74 valence electrons. The summed E-state index contributed by atoms with van der Waals surface area (Å²) >= 11 is 0. The van der Waals surface area contributed by atoms with E-state index < -0.39 is 11.9 Å². The summed E-state index contributed by atoms with van der Waals surface area (Å²) in [5.74, 6) is -3.65. The zero-order valence-electron chi connectivity index (χ0n) is 6.90. The minimum Gasteiger partial charge on any atom is -0.473 e. The Labute approximate surface area is 74.5 Å². The largest absolute Gasteiger partial charge is 0.473 e. The number of nitrogens with one attached hydrogen (secondary N) is 1. The predicted octanol–water partition coefficient (Wildman–Crippen LogP) is -1.10. The quantitative estimate of drug-likeness (QED) is 0.419. The maximum absolute atomic E-state index is 9.10. The zero-order chi connectivity index (χ0) is 9.84. The first-order chi connectivity index (χ1) is 6.09. The van der Waals surface area contributed by atoms with Gasteiger partial charge in [-0.2, -0.15) is 0 Å². The lowest BCUT2D eigenvalue weighted by molar-refractivity contribution is -0.159. The Kier molecular flexibility index (Phi) is 3.21. The molecule has 0 amide bonds. The lowest BCUT2D eigenvalue weighted by Gasteiger charge is -2.09. The van der Waals surface area contributed by atoms with Crippen LogP contribution in [0.1, 0.15) is 6.42 Å². The average Bonchev–Trinajstić information content (AvgIpc) is 2.67. The molecule has 2 aliphatic heterocycles. The van der Waals surface area contributed by atoms with Gasteiger partial charge in [-0.15, -0.1) is 0 Å². The molecule has 2 fully saturated rings. The van der Waals surface area contributed by atoms with Crippen LogP contribution in [0.15, 0.2) is 0 Å². The van der Waals surface area contributed by atoms with E-state index in [1.807, 2.05) is 0 Å². The Balaban J connectivity index is 0.000000133. The van der Waals surface area contributed by atoms with Crippen molar-refractivity contribution in [2.75, 3.05) is 13.2 Å². The summed E-state index contributed by atoms with van der Waals surface area (Å²) in [7, 11) is 0. The highest BCUT2D eigenvalue weighted by Crippen LogP contribution is 2.17. The third-order valence-electron chi connectivity index (χ3n) is 1.90. The van der Waals surface area contributed by atoms with Crippen LogP contribution in [-0.2, 0) is 14.3 Å². The van der Waals surface area contributed by atoms with Crippen molar-refractivity contribution < 1.29 is 24.5 Å². The fraction of sp³-hybridized carbons (Fsp3) is 0.714. The van der Waals surface area contributed by atoms with Crippen LogP contribution < -0.4 is 5.32 Å². The average molecular weight is 189 g/mol. The molecule has 0 spiro atoms. The van der Waals surface area contributed by atoms with E-state index in [1.54, 1.807) is 0 Å². The van der Waals surface area contributed by atoms with E-state index in [9.17, 15) is 0 Å². The molecule has 0 aromatic heterocycles. The summed E-state index contributed by atoms with van der Waals surface area (Å²) in [5, 5.41) is 18.1. The van der Waals surface area contributed by atoms with Crippen molar-refractivity contribution in [2.45, 2.75) is 18.6 Å². The molecule has 2 bridgehead atoms. The molecule has 13 heavy (non-hydrogen) atoms. The third-order valence-corrected chi connectivity index (χ3v) is 1.90. The normalized spacial score (nSPS) is 29.2. The van der Waals surface area contributed by atoms with Crippen molar-refractivity contribution in [3.63, 3.8) is 0 Å². The topological polar surface area (TPSA) is 95.9 Å².